The van der Waals surface area contributed by atoms with Crippen LogP contribution in [0.5, 0.6) is 0 Å². The maximum Gasteiger partial charge on any atom is 0.178 e. The van der Waals surface area contributed by atoms with Gasteiger partial charge in [0, 0.05) is 36.9 Å². The highest BCUT2D eigenvalue weighted by atomic mass is 35.5. The summed E-state index contributed by atoms with van der Waals surface area (Å²) in [5.41, 5.74) is 3.91. The van der Waals surface area contributed by atoms with Crippen LogP contribution < -0.4 is 10.2 Å². The van der Waals surface area contributed by atoms with Gasteiger partial charge in [0.15, 0.2) is 17.3 Å². The molecule has 27 heavy (non-hydrogen) atoms. The Morgan fingerprint density at radius 2 is 1.81 bits per heavy atom. The molecule has 2 heterocycles. The van der Waals surface area contributed by atoms with Crippen molar-refractivity contribution in [2.75, 3.05) is 24.3 Å². The Kier molecular flexibility index (Phi) is 4.64. The van der Waals surface area contributed by atoms with Crippen molar-refractivity contribution in [1.29, 1.82) is 0 Å². The van der Waals surface area contributed by atoms with E-state index in [2.05, 4.69) is 49.8 Å². The lowest BCUT2D eigenvalue weighted by Gasteiger charge is -2.12. The van der Waals surface area contributed by atoms with E-state index in [0.717, 1.165) is 22.8 Å². The van der Waals surface area contributed by atoms with Crippen LogP contribution in [0.4, 0.5) is 17.2 Å². The zero-order valence-corrected chi connectivity index (χ0v) is 15.9. The number of hydrogen-bond acceptors (Lipinski definition) is 5. The van der Waals surface area contributed by atoms with E-state index in [-0.39, 0.29) is 0 Å². The van der Waals surface area contributed by atoms with Gasteiger partial charge >= 0.3 is 0 Å². The summed E-state index contributed by atoms with van der Waals surface area (Å²) in [5, 5.41) is 17.1. The van der Waals surface area contributed by atoms with Crippen LogP contribution in [-0.2, 0) is 6.42 Å². The monoisotopic (exact) mass is 378 g/mol. The normalized spacial score (nSPS) is 10.9. The van der Waals surface area contributed by atoms with Crippen molar-refractivity contribution in [2.24, 2.45) is 0 Å². The number of aromatic nitrogens is 4. The molecule has 1 N–H and O–H groups in total. The maximum atomic E-state index is 6.05. The van der Waals surface area contributed by atoms with Crippen LogP contribution in [0.2, 0.25) is 5.02 Å². The van der Waals surface area contributed by atoms with E-state index in [1.165, 1.54) is 0 Å². The first kappa shape index (κ1) is 17.3. The molecule has 0 spiro atoms. The van der Waals surface area contributed by atoms with Crippen LogP contribution in [-0.4, -0.2) is 33.9 Å². The SMILES string of the molecule is CN(C)c1ccc(Cc2nnc3ccc(Nc4cccc(Cl)c4)nn23)cc1. The molecule has 7 heteroatoms. The Morgan fingerprint density at radius 1 is 1.00 bits per heavy atom. The highest BCUT2D eigenvalue weighted by molar-refractivity contribution is 6.30. The van der Waals surface area contributed by atoms with Gasteiger partial charge in [-0.3, -0.25) is 0 Å². The Bertz CT molecular complexity index is 1070. The van der Waals surface area contributed by atoms with Crippen molar-refractivity contribution in [1.82, 2.24) is 19.8 Å². The molecule has 4 rings (SSSR count). The number of hydrogen-bond donors (Lipinski definition) is 1. The van der Waals surface area contributed by atoms with Crippen LogP contribution in [0.1, 0.15) is 11.4 Å². The molecule has 0 aliphatic heterocycles. The Morgan fingerprint density at radius 3 is 2.56 bits per heavy atom. The first-order chi connectivity index (χ1) is 13.1. The fraction of sp³-hybridized carbons (Fsp3) is 0.150. The van der Waals surface area contributed by atoms with Gasteiger partial charge in [-0.15, -0.1) is 15.3 Å². The Labute approximate surface area is 162 Å². The second kappa shape index (κ2) is 7.25. The van der Waals surface area contributed by atoms with Crippen molar-refractivity contribution < 1.29 is 0 Å². The smallest absolute Gasteiger partial charge is 0.178 e. The topological polar surface area (TPSA) is 58.4 Å². The number of fused-ring (bicyclic) bond motifs is 1. The molecule has 2 aromatic carbocycles. The van der Waals surface area contributed by atoms with Crippen molar-refractivity contribution >= 4 is 34.4 Å². The van der Waals surface area contributed by atoms with Crippen LogP contribution in [0.15, 0.2) is 60.7 Å². The molecule has 6 nitrogen and oxygen atoms in total. The molecule has 136 valence electrons. The largest absolute Gasteiger partial charge is 0.378 e. The predicted molar refractivity (Wildman–Crippen MR) is 109 cm³/mol. The van der Waals surface area contributed by atoms with E-state index < -0.39 is 0 Å². The summed E-state index contributed by atoms with van der Waals surface area (Å²) in [6.45, 7) is 0. The number of rotatable bonds is 5. The summed E-state index contributed by atoms with van der Waals surface area (Å²) in [5.74, 6) is 1.49. The third-order valence-electron chi connectivity index (χ3n) is 4.24. The summed E-state index contributed by atoms with van der Waals surface area (Å²) < 4.78 is 1.77. The third kappa shape index (κ3) is 3.85. The zero-order valence-electron chi connectivity index (χ0n) is 15.1. The maximum absolute atomic E-state index is 6.05. The van der Waals surface area contributed by atoms with E-state index in [9.17, 15) is 0 Å². The lowest BCUT2D eigenvalue weighted by atomic mass is 10.1. The number of benzene rings is 2. The summed E-state index contributed by atoms with van der Waals surface area (Å²) in [7, 11) is 4.05. The molecule has 0 saturated carbocycles. The van der Waals surface area contributed by atoms with Gasteiger partial charge in [-0.25, -0.2) is 0 Å². The molecule has 0 bridgehead atoms. The standard InChI is InChI=1S/C20H19ClN6/c1-26(2)17-8-6-14(7-9-17)12-20-24-23-19-11-10-18(25-27(19)20)22-16-5-3-4-15(21)13-16/h3-11,13H,12H2,1-2H3,(H,22,25). The fourth-order valence-electron chi connectivity index (χ4n) is 2.82. The number of nitrogens with zero attached hydrogens (tertiary/aromatic N) is 5. The zero-order chi connectivity index (χ0) is 18.8. The number of halogens is 1. The van der Waals surface area contributed by atoms with Crippen molar-refractivity contribution in [2.45, 2.75) is 6.42 Å². The molecule has 0 aliphatic rings. The van der Waals surface area contributed by atoms with Gasteiger partial charge in [0.05, 0.1) is 0 Å². The molecular weight excluding hydrogens is 360 g/mol. The average molecular weight is 379 g/mol. The second-order valence-electron chi connectivity index (χ2n) is 6.48. The van der Waals surface area contributed by atoms with E-state index in [1.807, 2.05) is 50.5 Å². The molecule has 0 fully saturated rings. The van der Waals surface area contributed by atoms with Crippen LogP contribution >= 0.6 is 11.6 Å². The van der Waals surface area contributed by atoms with Gasteiger partial charge in [-0.2, -0.15) is 4.52 Å². The van der Waals surface area contributed by atoms with Crippen LogP contribution in [0.3, 0.4) is 0 Å². The Balaban J connectivity index is 1.60. The molecule has 4 aromatic rings. The second-order valence-corrected chi connectivity index (χ2v) is 6.91. The van der Waals surface area contributed by atoms with Crippen LogP contribution in [0, 0.1) is 0 Å². The van der Waals surface area contributed by atoms with Gasteiger partial charge in [0.2, 0.25) is 0 Å². The van der Waals surface area contributed by atoms with E-state index in [1.54, 1.807) is 4.52 Å². The molecule has 0 saturated heterocycles. The minimum atomic E-state index is 0.655. The predicted octanol–water partition coefficient (Wildman–Crippen LogP) is 4.18. The molecule has 0 atom stereocenters. The van der Waals surface area contributed by atoms with Gasteiger partial charge in [0.25, 0.3) is 0 Å². The first-order valence-corrected chi connectivity index (χ1v) is 8.96. The van der Waals surface area contributed by atoms with Gasteiger partial charge in [-0.05, 0) is 48.0 Å². The lowest BCUT2D eigenvalue weighted by Crippen LogP contribution is -2.08. The minimum Gasteiger partial charge on any atom is -0.378 e. The lowest BCUT2D eigenvalue weighted by molar-refractivity contribution is 0.842. The van der Waals surface area contributed by atoms with E-state index in [0.29, 0.717) is 22.9 Å². The average Bonchev–Trinajstić information content (AvgIpc) is 3.04. The van der Waals surface area contributed by atoms with Gasteiger partial charge < -0.3 is 10.2 Å². The third-order valence-corrected chi connectivity index (χ3v) is 4.47. The Hall–Kier alpha value is -3.12. The molecule has 0 unspecified atom stereocenters. The highest BCUT2D eigenvalue weighted by Gasteiger charge is 2.09. The van der Waals surface area contributed by atoms with Gasteiger partial charge in [0.1, 0.15) is 0 Å². The first-order valence-electron chi connectivity index (χ1n) is 8.59. The molecule has 0 aliphatic carbocycles. The summed E-state index contributed by atoms with van der Waals surface area (Å²) >= 11 is 6.05. The van der Waals surface area contributed by atoms with Gasteiger partial charge in [-0.1, -0.05) is 29.8 Å². The summed E-state index contributed by atoms with van der Waals surface area (Å²) in [6, 6.07) is 19.7. The summed E-state index contributed by atoms with van der Waals surface area (Å²) in [6.07, 6.45) is 0.655. The van der Waals surface area contributed by atoms with Crippen molar-refractivity contribution in [3.63, 3.8) is 0 Å². The summed E-state index contributed by atoms with van der Waals surface area (Å²) in [4.78, 5) is 2.07. The fourth-order valence-corrected chi connectivity index (χ4v) is 3.01. The van der Waals surface area contributed by atoms with E-state index >= 15 is 0 Å². The van der Waals surface area contributed by atoms with E-state index in [4.69, 9.17) is 11.6 Å². The number of anilines is 3. The molecule has 0 amide bonds. The quantitative estimate of drug-likeness (QED) is 0.564. The number of nitrogens with one attached hydrogen (secondary N) is 1. The minimum absolute atomic E-state index is 0.655. The highest BCUT2D eigenvalue weighted by Crippen LogP contribution is 2.20. The molecular formula is C20H19ClN6. The van der Waals surface area contributed by atoms with Crippen molar-refractivity contribution in [3.8, 4) is 0 Å². The molecule has 0 radical (unpaired) electrons. The van der Waals surface area contributed by atoms with Crippen molar-refractivity contribution in [3.05, 3.63) is 77.1 Å². The molecule has 2 aromatic heterocycles. The van der Waals surface area contributed by atoms with Crippen LogP contribution in [0.25, 0.3) is 5.65 Å².